The molecule has 1 fully saturated rings. The van der Waals surface area contributed by atoms with Crippen LogP contribution in [-0.2, 0) is 6.54 Å². The molecule has 0 amide bonds. The van der Waals surface area contributed by atoms with Gasteiger partial charge < -0.3 is 9.80 Å². The Balaban J connectivity index is 1.79. The minimum atomic E-state index is 0.889. The van der Waals surface area contributed by atoms with Gasteiger partial charge in [0.2, 0.25) is 0 Å². The van der Waals surface area contributed by atoms with E-state index in [4.69, 9.17) is 11.6 Å². The summed E-state index contributed by atoms with van der Waals surface area (Å²) in [6.45, 7) is 9.73. The molecule has 0 aromatic heterocycles. The van der Waals surface area contributed by atoms with Gasteiger partial charge in [0, 0.05) is 16.3 Å². The number of piperazine rings is 1. The van der Waals surface area contributed by atoms with Crippen molar-refractivity contribution in [3.8, 4) is 0 Å². The average Bonchev–Trinajstić information content (AvgIpc) is 2.65. The Kier molecular flexibility index (Phi) is 4.45. The second kappa shape index (κ2) is 6.72. The summed E-state index contributed by atoms with van der Waals surface area (Å²) in [5.74, 6) is 0. The van der Waals surface area contributed by atoms with Gasteiger partial charge in [-0.15, -0.1) is 0 Å². The van der Waals surface area contributed by atoms with Gasteiger partial charge in [-0.2, -0.15) is 0 Å². The largest absolute Gasteiger partial charge is 0.326 e. The molecule has 0 atom stereocenters. The van der Waals surface area contributed by atoms with Crippen LogP contribution < -0.4 is 9.80 Å². The fourth-order valence-electron chi connectivity index (χ4n) is 4.09. The highest BCUT2D eigenvalue weighted by atomic mass is 35.5. The number of halogens is 1. The molecule has 0 spiro atoms. The minimum absolute atomic E-state index is 0.889. The van der Waals surface area contributed by atoms with Crippen LogP contribution in [0, 0.1) is 0 Å². The van der Waals surface area contributed by atoms with Crippen molar-refractivity contribution >= 4 is 33.1 Å². The molecule has 124 valence electrons. The van der Waals surface area contributed by atoms with Gasteiger partial charge in [-0.1, -0.05) is 60.1 Å². The summed E-state index contributed by atoms with van der Waals surface area (Å²) < 4.78 is 0. The van der Waals surface area contributed by atoms with Crippen LogP contribution in [0.25, 0.3) is 21.5 Å². The second-order valence-corrected chi connectivity index (χ2v) is 7.29. The third-order valence-corrected chi connectivity index (χ3v) is 5.98. The maximum Gasteiger partial charge on any atom is 0.127 e. The van der Waals surface area contributed by atoms with Crippen molar-refractivity contribution in [1.82, 2.24) is 0 Å². The molecule has 0 unspecified atom stereocenters. The van der Waals surface area contributed by atoms with Crippen LogP contribution in [0.3, 0.4) is 0 Å². The molecule has 24 heavy (non-hydrogen) atoms. The van der Waals surface area contributed by atoms with Crippen molar-refractivity contribution in [2.45, 2.75) is 13.5 Å². The number of fused-ring (bicyclic) bond motifs is 2. The maximum absolute atomic E-state index is 6.72. The van der Waals surface area contributed by atoms with E-state index >= 15 is 0 Å². The van der Waals surface area contributed by atoms with E-state index in [-0.39, 0.29) is 0 Å². The van der Waals surface area contributed by atoms with Gasteiger partial charge in [0.05, 0.1) is 11.6 Å². The van der Waals surface area contributed by atoms with Crippen LogP contribution in [0.5, 0.6) is 0 Å². The van der Waals surface area contributed by atoms with Crippen LogP contribution in [-0.4, -0.2) is 32.7 Å². The van der Waals surface area contributed by atoms with Crippen molar-refractivity contribution in [3.05, 3.63) is 59.1 Å². The molecule has 1 aliphatic rings. The summed E-state index contributed by atoms with van der Waals surface area (Å²) in [6, 6.07) is 17.2. The van der Waals surface area contributed by atoms with E-state index in [0.29, 0.717) is 0 Å². The summed E-state index contributed by atoms with van der Waals surface area (Å²) in [5.41, 5.74) is 1.46. The van der Waals surface area contributed by atoms with Crippen LogP contribution >= 0.6 is 11.6 Å². The van der Waals surface area contributed by atoms with E-state index in [1.807, 2.05) is 0 Å². The number of nitrogens with one attached hydrogen (secondary N) is 2. The van der Waals surface area contributed by atoms with Gasteiger partial charge in [-0.25, -0.2) is 0 Å². The van der Waals surface area contributed by atoms with E-state index in [1.165, 1.54) is 59.8 Å². The number of benzene rings is 3. The van der Waals surface area contributed by atoms with E-state index in [2.05, 4.69) is 55.5 Å². The molecule has 3 aromatic rings. The molecule has 3 heteroatoms. The lowest BCUT2D eigenvalue weighted by atomic mass is 9.96. The van der Waals surface area contributed by atoms with Crippen molar-refractivity contribution in [3.63, 3.8) is 0 Å². The van der Waals surface area contributed by atoms with Gasteiger partial charge in [0.1, 0.15) is 32.7 Å². The number of hydrogen-bond acceptors (Lipinski definition) is 0. The highest BCUT2D eigenvalue weighted by molar-refractivity contribution is 6.41. The third-order valence-electron chi connectivity index (χ3n) is 5.57. The molecule has 2 nitrogen and oxygen atoms in total. The topological polar surface area (TPSA) is 8.88 Å². The zero-order valence-electron chi connectivity index (χ0n) is 14.2. The van der Waals surface area contributed by atoms with Crippen molar-refractivity contribution < 1.29 is 9.80 Å². The molecule has 1 saturated heterocycles. The summed E-state index contributed by atoms with van der Waals surface area (Å²) in [6.07, 6.45) is 0. The van der Waals surface area contributed by atoms with Gasteiger partial charge >= 0.3 is 0 Å². The average molecular weight is 341 g/mol. The Morgan fingerprint density at radius 3 is 1.71 bits per heavy atom. The highest BCUT2D eigenvalue weighted by Crippen LogP contribution is 2.35. The maximum atomic E-state index is 6.72. The minimum Gasteiger partial charge on any atom is -0.326 e. The fourth-order valence-corrected chi connectivity index (χ4v) is 4.42. The molecule has 3 aromatic carbocycles. The summed E-state index contributed by atoms with van der Waals surface area (Å²) in [7, 11) is 0. The standard InChI is InChI=1S/C21H23ClN2/c1-2-23-11-13-24(14-12-23)15-20-16-7-3-5-9-18(16)21(22)19-10-6-4-8-17(19)20/h3-10H,2,11-15H2,1H3/p+2. The Morgan fingerprint density at radius 2 is 1.21 bits per heavy atom. The number of hydrogen-bond donors (Lipinski definition) is 2. The third kappa shape index (κ3) is 2.79. The molecular formula is C21H25ClN2+2. The fraction of sp³-hybridized carbons (Fsp3) is 0.333. The number of quaternary nitrogens is 2. The monoisotopic (exact) mass is 340 g/mol. The molecule has 0 aliphatic carbocycles. The molecule has 0 radical (unpaired) electrons. The van der Waals surface area contributed by atoms with Gasteiger partial charge in [-0.05, 0) is 17.7 Å². The highest BCUT2D eigenvalue weighted by Gasteiger charge is 2.23. The molecule has 0 bridgehead atoms. The Bertz CT molecular complexity index is 809. The zero-order chi connectivity index (χ0) is 16.5. The Hall–Kier alpha value is -1.61. The molecule has 1 heterocycles. The first-order valence-electron chi connectivity index (χ1n) is 9.03. The molecule has 1 aliphatic heterocycles. The normalized spacial score (nSPS) is 21.4. The quantitative estimate of drug-likeness (QED) is 0.674. The van der Waals surface area contributed by atoms with Crippen molar-refractivity contribution in [1.29, 1.82) is 0 Å². The van der Waals surface area contributed by atoms with E-state index in [1.54, 1.807) is 9.80 Å². The van der Waals surface area contributed by atoms with E-state index < -0.39 is 0 Å². The van der Waals surface area contributed by atoms with Crippen LogP contribution in [0.15, 0.2) is 48.5 Å². The molecular weight excluding hydrogens is 316 g/mol. The first-order chi connectivity index (χ1) is 11.8. The van der Waals surface area contributed by atoms with Gasteiger partial charge in [0.15, 0.2) is 0 Å². The molecule has 2 N–H and O–H groups in total. The van der Waals surface area contributed by atoms with Crippen LogP contribution in [0.2, 0.25) is 5.02 Å². The Morgan fingerprint density at radius 1 is 0.750 bits per heavy atom. The number of rotatable bonds is 3. The first kappa shape index (κ1) is 15.9. The van der Waals surface area contributed by atoms with Gasteiger partial charge in [0.25, 0.3) is 0 Å². The van der Waals surface area contributed by atoms with Gasteiger partial charge in [-0.3, -0.25) is 0 Å². The summed E-state index contributed by atoms with van der Waals surface area (Å²) in [4.78, 5) is 3.44. The summed E-state index contributed by atoms with van der Waals surface area (Å²) >= 11 is 6.72. The van der Waals surface area contributed by atoms with Crippen LogP contribution in [0.1, 0.15) is 12.5 Å². The SMILES string of the molecule is CC[NH+]1CC[NH+](Cc2c3ccccc3c(Cl)c3ccccc23)CC1. The Labute approximate surface area is 148 Å². The van der Waals surface area contributed by atoms with E-state index in [9.17, 15) is 0 Å². The van der Waals surface area contributed by atoms with Crippen molar-refractivity contribution in [2.75, 3.05) is 32.7 Å². The van der Waals surface area contributed by atoms with Crippen LogP contribution in [0.4, 0.5) is 0 Å². The van der Waals surface area contributed by atoms with Crippen molar-refractivity contribution in [2.24, 2.45) is 0 Å². The van der Waals surface area contributed by atoms with E-state index in [0.717, 1.165) is 11.6 Å². The lowest BCUT2D eigenvalue weighted by Gasteiger charge is -2.29. The number of likely N-dealkylation sites (N-methyl/N-ethyl adjacent to an activating group) is 1. The second-order valence-electron chi connectivity index (χ2n) is 6.91. The summed E-state index contributed by atoms with van der Waals surface area (Å²) in [5, 5.41) is 5.90. The predicted octanol–water partition coefficient (Wildman–Crippen LogP) is 1.95. The lowest BCUT2D eigenvalue weighted by molar-refractivity contribution is -1.02. The zero-order valence-corrected chi connectivity index (χ0v) is 15.0. The molecule has 0 saturated carbocycles. The predicted molar refractivity (Wildman–Crippen MR) is 102 cm³/mol. The smallest absolute Gasteiger partial charge is 0.127 e. The lowest BCUT2D eigenvalue weighted by Crippen LogP contribution is -3.27. The first-order valence-corrected chi connectivity index (χ1v) is 9.40. The molecule has 4 rings (SSSR count).